The molecule has 0 radical (unpaired) electrons. The van der Waals surface area contributed by atoms with Crippen LogP contribution in [-0.2, 0) is 9.47 Å². The molecular formula is C5H13LiO2. The number of hydrogen-bond acceptors (Lipinski definition) is 2. The SMILES string of the molecule is COCC(C)OC.[H-].[Li+]. The van der Waals surface area contributed by atoms with Crippen LogP contribution in [0, 0.1) is 0 Å². The van der Waals surface area contributed by atoms with E-state index in [1.807, 2.05) is 6.92 Å². The fourth-order valence-corrected chi connectivity index (χ4v) is 0.303. The van der Waals surface area contributed by atoms with Gasteiger partial charge in [0, 0.05) is 14.2 Å². The van der Waals surface area contributed by atoms with Crippen molar-refractivity contribution in [3.05, 3.63) is 0 Å². The van der Waals surface area contributed by atoms with Crippen molar-refractivity contribution < 1.29 is 29.8 Å². The summed E-state index contributed by atoms with van der Waals surface area (Å²) >= 11 is 0. The Kier molecular flexibility index (Phi) is 10.6. The zero-order valence-electron chi connectivity index (χ0n) is 7.10. The van der Waals surface area contributed by atoms with Crippen LogP contribution in [0.5, 0.6) is 0 Å². The normalized spacial score (nSPS) is 12.4. The summed E-state index contributed by atoms with van der Waals surface area (Å²) in [5, 5.41) is 0. The van der Waals surface area contributed by atoms with E-state index in [1.54, 1.807) is 14.2 Å². The second-order valence-electron chi connectivity index (χ2n) is 1.50. The first-order chi connectivity index (χ1) is 3.31. The van der Waals surface area contributed by atoms with Crippen LogP contribution >= 0.6 is 0 Å². The number of rotatable bonds is 3. The number of ether oxygens (including phenoxy) is 2. The van der Waals surface area contributed by atoms with E-state index in [0.717, 1.165) is 0 Å². The molecule has 0 aromatic rings. The van der Waals surface area contributed by atoms with E-state index in [9.17, 15) is 0 Å². The summed E-state index contributed by atoms with van der Waals surface area (Å²) in [4.78, 5) is 0. The maximum Gasteiger partial charge on any atom is 1.00 e. The monoisotopic (exact) mass is 112 g/mol. The maximum atomic E-state index is 4.87. The van der Waals surface area contributed by atoms with E-state index in [2.05, 4.69) is 0 Å². The fraction of sp³-hybridized carbons (Fsp3) is 1.00. The molecule has 0 aromatic carbocycles. The summed E-state index contributed by atoms with van der Waals surface area (Å²) in [6, 6.07) is 0. The topological polar surface area (TPSA) is 18.5 Å². The molecule has 0 aromatic heterocycles. The van der Waals surface area contributed by atoms with Gasteiger partial charge in [0.1, 0.15) is 0 Å². The van der Waals surface area contributed by atoms with Crippen LogP contribution in [0.1, 0.15) is 8.35 Å². The number of hydrogen-bond donors (Lipinski definition) is 0. The summed E-state index contributed by atoms with van der Waals surface area (Å²) in [5.74, 6) is 0. The quantitative estimate of drug-likeness (QED) is 0.385. The minimum absolute atomic E-state index is 0. The third-order valence-electron chi connectivity index (χ3n) is 0.804. The molecule has 0 aliphatic carbocycles. The molecule has 0 heterocycles. The molecule has 1 atom stereocenters. The standard InChI is InChI=1S/C5H12O2.Li.H/c1-5(7-3)4-6-2;;/h5H,4H2,1-3H3;;/q;+1;-1. The van der Waals surface area contributed by atoms with Crippen LogP contribution in [0.4, 0.5) is 0 Å². The predicted molar refractivity (Wildman–Crippen MR) is 29.5 cm³/mol. The predicted octanol–water partition coefficient (Wildman–Crippen LogP) is -2.22. The smallest absolute Gasteiger partial charge is 1.00 e. The second-order valence-corrected chi connectivity index (χ2v) is 1.50. The Morgan fingerprint density at radius 3 is 2.12 bits per heavy atom. The zero-order chi connectivity index (χ0) is 5.70. The molecule has 0 spiro atoms. The molecule has 0 N–H and O–H groups in total. The van der Waals surface area contributed by atoms with E-state index >= 15 is 0 Å². The summed E-state index contributed by atoms with van der Waals surface area (Å²) < 4.78 is 9.64. The van der Waals surface area contributed by atoms with Crippen molar-refractivity contribution in [2.75, 3.05) is 20.8 Å². The van der Waals surface area contributed by atoms with Gasteiger partial charge in [-0.15, -0.1) is 0 Å². The van der Waals surface area contributed by atoms with Crippen LogP contribution in [0.3, 0.4) is 0 Å². The first kappa shape index (κ1) is 11.3. The molecule has 0 bridgehead atoms. The van der Waals surface area contributed by atoms with E-state index < -0.39 is 0 Å². The molecular weight excluding hydrogens is 99.0 g/mol. The van der Waals surface area contributed by atoms with Gasteiger partial charge in [-0.05, 0) is 6.92 Å². The molecule has 0 fully saturated rings. The van der Waals surface area contributed by atoms with Crippen molar-refractivity contribution in [2.24, 2.45) is 0 Å². The molecule has 0 saturated heterocycles. The van der Waals surface area contributed by atoms with Crippen LogP contribution in [-0.4, -0.2) is 26.9 Å². The minimum atomic E-state index is 0. The fourth-order valence-electron chi connectivity index (χ4n) is 0.303. The van der Waals surface area contributed by atoms with Gasteiger partial charge in [-0.1, -0.05) is 0 Å². The molecule has 1 unspecified atom stereocenters. The van der Waals surface area contributed by atoms with Crippen molar-refractivity contribution >= 4 is 0 Å². The average Bonchev–Trinajstić information content (AvgIpc) is 1.68. The first-order valence-corrected chi connectivity index (χ1v) is 2.33. The Bertz CT molecular complexity index is 45.9. The zero-order valence-corrected chi connectivity index (χ0v) is 6.10. The molecule has 0 amide bonds. The van der Waals surface area contributed by atoms with Crippen molar-refractivity contribution in [1.82, 2.24) is 0 Å². The van der Waals surface area contributed by atoms with Crippen molar-refractivity contribution in [3.63, 3.8) is 0 Å². The first-order valence-electron chi connectivity index (χ1n) is 2.33. The Balaban J connectivity index is -0.000000180. The molecule has 0 aliphatic rings. The van der Waals surface area contributed by atoms with E-state index in [0.29, 0.717) is 6.61 Å². The summed E-state index contributed by atoms with van der Waals surface area (Å²) in [7, 11) is 3.33. The maximum absolute atomic E-state index is 4.87. The minimum Gasteiger partial charge on any atom is -1.00 e. The Morgan fingerprint density at radius 2 is 2.00 bits per heavy atom. The van der Waals surface area contributed by atoms with Crippen LogP contribution in [0.15, 0.2) is 0 Å². The van der Waals surface area contributed by atoms with Gasteiger partial charge in [0.25, 0.3) is 0 Å². The van der Waals surface area contributed by atoms with Gasteiger partial charge in [0.15, 0.2) is 0 Å². The van der Waals surface area contributed by atoms with Gasteiger partial charge in [-0.2, -0.15) is 0 Å². The third-order valence-corrected chi connectivity index (χ3v) is 0.804. The summed E-state index contributed by atoms with van der Waals surface area (Å²) in [5.41, 5.74) is 0. The molecule has 0 rings (SSSR count). The van der Waals surface area contributed by atoms with E-state index in [1.165, 1.54) is 0 Å². The molecule has 0 aliphatic heterocycles. The van der Waals surface area contributed by atoms with Gasteiger partial charge in [0.05, 0.1) is 12.7 Å². The van der Waals surface area contributed by atoms with Crippen molar-refractivity contribution in [1.29, 1.82) is 0 Å². The van der Waals surface area contributed by atoms with Gasteiger partial charge in [-0.3, -0.25) is 0 Å². The Hall–Kier alpha value is 0.517. The Morgan fingerprint density at radius 1 is 1.50 bits per heavy atom. The summed E-state index contributed by atoms with van der Waals surface area (Å²) in [6.45, 7) is 2.64. The molecule has 2 nitrogen and oxygen atoms in total. The van der Waals surface area contributed by atoms with Crippen molar-refractivity contribution in [2.45, 2.75) is 13.0 Å². The van der Waals surface area contributed by atoms with Gasteiger partial charge >= 0.3 is 18.9 Å². The average molecular weight is 112 g/mol. The second kappa shape index (κ2) is 7.52. The molecule has 8 heavy (non-hydrogen) atoms. The third kappa shape index (κ3) is 6.52. The largest absolute Gasteiger partial charge is 1.00 e. The van der Waals surface area contributed by atoms with E-state index in [-0.39, 0.29) is 26.4 Å². The molecule has 3 heteroatoms. The number of methoxy groups -OCH3 is 2. The van der Waals surface area contributed by atoms with Crippen LogP contribution in [0.25, 0.3) is 0 Å². The summed E-state index contributed by atoms with van der Waals surface area (Å²) in [6.07, 6.45) is 0.227. The van der Waals surface area contributed by atoms with Crippen LogP contribution < -0.4 is 18.9 Å². The van der Waals surface area contributed by atoms with Gasteiger partial charge in [0.2, 0.25) is 0 Å². The van der Waals surface area contributed by atoms with Crippen molar-refractivity contribution in [3.8, 4) is 0 Å². The van der Waals surface area contributed by atoms with E-state index in [4.69, 9.17) is 9.47 Å². The molecule has 0 saturated carbocycles. The van der Waals surface area contributed by atoms with Gasteiger partial charge in [-0.25, -0.2) is 0 Å². The molecule has 46 valence electrons. The van der Waals surface area contributed by atoms with Crippen LogP contribution in [0.2, 0.25) is 0 Å². The van der Waals surface area contributed by atoms with Gasteiger partial charge < -0.3 is 10.9 Å². The Labute approximate surface area is 64.2 Å².